The summed E-state index contributed by atoms with van der Waals surface area (Å²) in [5, 5.41) is 0.417. The summed E-state index contributed by atoms with van der Waals surface area (Å²) in [6.45, 7) is 4.03. The molecular weight excluding hydrogens is 381 g/mol. The molecule has 1 fully saturated rings. The second-order valence-corrected chi connectivity index (χ2v) is 11.0. The molecule has 5 nitrogen and oxygen atoms in total. The first-order valence-electron chi connectivity index (χ1n) is 7.20. The van der Waals surface area contributed by atoms with E-state index in [4.69, 9.17) is 23.2 Å². The van der Waals surface area contributed by atoms with Crippen LogP contribution in [0, 0.1) is 5.92 Å². The van der Waals surface area contributed by atoms with Crippen molar-refractivity contribution in [2.24, 2.45) is 5.92 Å². The Morgan fingerprint density at radius 2 is 1.91 bits per heavy atom. The normalized spacial score (nSPS) is 21.2. The molecule has 1 aromatic carbocycles. The van der Waals surface area contributed by atoms with Crippen molar-refractivity contribution in [1.82, 2.24) is 4.31 Å². The molecule has 0 aromatic heterocycles. The number of sulfone groups is 1. The molecule has 0 unspecified atom stereocenters. The Morgan fingerprint density at radius 3 is 2.39 bits per heavy atom. The molecular formula is C14H19Cl2NO4S2. The summed E-state index contributed by atoms with van der Waals surface area (Å²) in [6, 6.07) is 3.58. The van der Waals surface area contributed by atoms with Gasteiger partial charge in [0, 0.05) is 12.6 Å². The maximum absolute atomic E-state index is 13.0. The SMILES string of the molecule is CC(C)CN([C@H]1CCS(=O)(=O)C1)S(=O)(=O)c1ccc(Cl)c(Cl)c1. The van der Waals surface area contributed by atoms with Crippen molar-refractivity contribution in [3.8, 4) is 0 Å². The average molecular weight is 400 g/mol. The molecule has 9 heteroatoms. The monoisotopic (exact) mass is 399 g/mol. The maximum atomic E-state index is 13.0. The number of halogens is 2. The van der Waals surface area contributed by atoms with Crippen LogP contribution in [0.1, 0.15) is 20.3 Å². The molecule has 0 N–H and O–H groups in total. The molecule has 2 rings (SSSR count). The van der Waals surface area contributed by atoms with Crippen molar-refractivity contribution >= 4 is 43.1 Å². The molecule has 1 aromatic rings. The van der Waals surface area contributed by atoms with Gasteiger partial charge in [-0.25, -0.2) is 16.8 Å². The van der Waals surface area contributed by atoms with E-state index in [1.807, 2.05) is 13.8 Å². The molecule has 0 spiro atoms. The largest absolute Gasteiger partial charge is 0.243 e. The van der Waals surface area contributed by atoms with Crippen LogP contribution in [0.4, 0.5) is 0 Å². The van der Waals surface area contributed by atoms with E-state index in [1.54, 1.807) is 0 Å². The molecule has 1 saturated heterocycles. The fraction of sp³-hybridized carbons (Fsp3) is 0.571. The quantitative estimate of drug-likeness (QED) is 0.762. The second kappa shape index (κ2) is 6.88. The highest BCUT2D eigenvalue weighted by atomic mass is 35.5. The van der Waals surface area contributed by atoms with Gasteiger partial charge in [-0.2, -0.15) is 4.31 Å². The zero-order chi connectivity index (χ0) is 17.4. The zero-order valence-electron chi connectivity index (χ0n) is 12.9. The van der Waals surface area contributed by atoms with Gasteiger partial charge >= 0.3 is 0 Å². The van der Waals surface area contributed by atoms with Crippen molar-refractivity contribution in [3.05, 3.63) is 28.2 Å². The van der Waals surface area contributed by atoms with Crippen LogP contribution in [-0.2, 0) is 19.9 Å². The summed E-state index contributed by atoms with van der Waals surface area (Å²) in [6.07, 6.45) is 0.315. The molecule has 1 aliphatic heterocycles. The summed E-state index contributed by atoms with van der Waals surface area (Å²) in [4.78, 5) is 0.0249. The molecule has 0 aliphatic carbocycles. The van der Waals surface area contributed by atoms with Crippen molar-refractivity contribution in [2.75, 3.05) is 18.1 Å². The van der Waals surface area contributed by atoms with E-state index < -0.39 is 25.9 Å². The lowest BCUT2D eigenvalue weighted by atomic mass is 10.2. The molecule has 1 heterocycles. The minimum absolute atomic E-state index is 0.0170. The van der Waals surface area contributed by atoms with E-state index >= 15 is 0 Å². The Hall–Kier alpha value is -0.340. The first kappa shape index (κ1) is 19.0. The predicted molar refractivity (Wildman–Crippen MR) is 92.3 cm³/mol. The second-order valence-electron chi connectivity index (χ2n) is 6.10. The molecule has 1 atom stereocenters. The highest BCUT2D eigenvalue weighted by Gasteiger charge is 2.39. The van der Waals surface area contributed by atoms with E-state index in [0.717, 1.165) is 0 Å². The lowest BCUT2D eigenvalue weighted by Gasteiger charge is -2.29. The van der Waals surface area contributed by atoms with Gasteiger partial charge in [-0.1, -0.05) is 37.0 Å². The Bertz CT molecular complexity index is 791. The average Bonchev–Trinajstić information content (AvgIpc) is 2.78. The van der Waals surface area contributed by atoms with Gasteiger partial charge in [0.1, 0.15) is 0 Å². The number of sulfonamides is 1. The summed E-state index contributed by atoms with van der Waals surface area (Å²) >= 11 is 11.8. The van der Waals surface area contributed by atoms with Crippen molar-refractivity contribution in [3.63, 3.8) is 0 Å². The predicted octanol–water partition coefficient (Wildman–Crippen LogP) is 2.83. The van der Waals surface area contributed by atoms with E-state index in [-0.39, 0.29) is 38.9 Å². The third kappa shape index (κ3) is 4.39. The van der Waals surface area contributed by atoms with Gasteiger partial charge in [-0.3, -0.25) is 0 Å². The van der Waals surface area contributed by atoms with Gasteiger partial charge < -0.3 is 0 Å². The molecule has 130 valence electrons. The number of hydrogen-bond acceptors (Lipinski definition) is 4. The summed E-state index contributed by atoms with van der Waals surface area (Å²) in [5.41, 5.74) is 0. The van der Waals surface area contributed by atoms with Crippen LogP contribution in [0.5, 0.6) is 0 Å². The number of nitrogens with zero attached hydrogens (tertiary/aromatic N) is 1. The highest BCUT2D eigenvalue weighted by molar-refractivity contribution is 7.92. The first-order valence-corrected chi connectivity index (χ1v) is 11.2. The van der Waals surface area contributed by atoms with Crippen LogP contribution in [0.2, 0.25) is 10.0 Å². The number of hydrogen-bond donors (Lipinski definition) is 0. The van der Waals surface area contributed by atoms with Gasteiger partial charge in [0.05, 0.1) is 26.4 Å². The minimum Gasteiger partial charge on any atom is -0.229 e. The van der Waals surface area contributed by atoms with E-state index in [1.165, 1.54) is 22.5 Å². The summed E-state index contributed by atoms with van der Waals surface area (Å²) in [7, 11) is -7.03. The van der Waals surface area contributed by atoms with Crippen LogP contribution in [-0.4, -0.2) is 45.2 Å². The van der Waals surface area contributed by atoms with E-state index in [9.17, 15) is 16.8 Å². The van der Waals surface area contributed by atoms with Crippen LogP contribution in [0.25, 0.3) is 0 Å². The molecule has 0 bridgehead atoms. The molecule has 0 amide bonds. The Labute approximate surface area is 147 Å². The Balaban J connectivity index is 2.43. The van der Waals surface area contributed by atoms with Gasteiger partial charge in [-0.15, -0.1) is 0 Å². The Kier molecular flexibility index (Phi) is 5.68. The number of rotatable bonds is 5. The fourth-order valence-corrected chi connectivity index (χ4v) is 6.61. The van der Waals surface area contributed by atoms with Crippen LogP contribution >= 0.6 is 23.2 Å². The third-order valence-electron chi connectivity index (χ3n) is 3.66. The van der Waals surface area contributed by atoms with Crippen LogP contribution in [0.3, 0.4) is 0 Å². The third-order valence-corrected chi connectivity index (χ3v) is 8.06. The van der Waals surface area contributed by atoms with E-state index in [2.05, 4.69) is 0 Å². The van der Waals surface area contributed by atoms with Crippen molar-refractivity contribution in [1.29, 1.82) is 0 Å². The topological polar surface area (TPSA) is 71.5 Å². The minimum atomic E-state index is -3.84. The van der Waals surface area contributed by atoms with Gasteiger partial charge in [0.2, 0.25) is 10.0 Å². The van der Waals surface area contributed by atoms with Crippen molar-refractivity contribution < 1.29 is 16.8 Å². The molecule has 1 aliphatic rings. The van der Waals surface area contributed by atoms with Gasteiger partial charge in [0.15, 0.2) is 9.84 Å². The highest BCUT2D eigenvalue weighted by Crippen LogP contribution is 2.30. The zero-order valence-corrected chi connectivity index (χ0v) is 16.0. The fourth-order valence-electron chi connectivity index (χ4n) is 2.58. The first-order chi connectivity index (χ1) is 10.5. The van der Waals surface area contributed by atoms with Crippen molar-refractivity contribution in [2.45, 2.75) is 31.2 Å². The Morgan fingerprint density at radius 1 is 1.26 bits per heavy atom. The van der Waals surface area contributed by atoms with Crippen LogP contribution < -0.4 is 0 Å². The molecule has 0 radical (unpaired) electrons. The molecule has 23 heavy (non-hydrogen) atoms. The standard InChI is InChI=1S/C14H19Cl2NO4S2/c1-10(2)8-17(11-5-6-22(18,19)9-11)23(20,21)12-3-4-13(15)14(16)7-12/h3-4,7,10-11H,5-6,8-9H2,1-2H3/t11-/m0/s1. The maximum Gasteiger partial charge on any atom is 0.243 e. The lowest BCUT2D eigenvalue weighted by Crippen LogP contribution is -2.43. The molecule has 0 saturated carbocycles. The van der Waals surface area contributed by atoms with E-state index in [0.29, 0.717) is 6.42 Å². The smallest absolute Gasteiger partial charge is 0.229 e. The summed E-state index contributed by atoms with van der Waals surface area (Å²) < 4.78 is 50.7. The van der Waals surface area contributed by atoms with Gasteiger partial charge in [0.25, 0.3) is 0 Å². The summed E-state index contributed by atoms with van der Waals surface area (Å²) in [5.74, 6) is -0.0560. The number of benzene rings is 1. The lowest BCUT2D eigenvalue weighted by molar-refractivity contribution is 0.308. The van der Waals surface area contributed by atoms with Gasteiger partial charge in [-0.05, 0) is 30.5 Å². The van der Waals surface area contributed by atoms with Crippen LogP contribution in [0.15, 0.2) is 23.1 Å².